The Balaban J connectivity index is 1.96. The van der Waals surface area contributed by atoms with E-state index in [1.54, 1.807) is 12.1 Å². The summed E-state index contributed by atoms with van der Waals surface area (Å²) >= 11 is 0. The van der Waals surface area contributed by atoms with Crippen LogP contribution in [0.2, 0.25) is 0 Å². The van der Waals surface area contributed by atoms with Crippen molar-refractivity contribution in [2.45, 2.75) is 19.3 Å². The molecule has 3 heteroatoms. The fourth-order valence-corrected chi connectivity index (χ4v) is 1.86. The highest BCUT2D eigenvalue weighted by atomic mass is 19.1. The summed E-state index contributed by atoms with van der Waals surface area (Å²) in [6.07, 6.45) is 2.60. The van der Waals surface area contributed by atoms with Gasteiger partial charge >= 0.3 is 0 Å². The van der Waals surface area contributed by atoms with E-state index in [2.05, 4.69) is 0 Å². The van der Waals surface area contributed by atoms with Crippen molar-refractivity contribution in [3.63, 3.8) is 0 Å². The average Bonchev–Trinajstić information content (AvgIpc) is 2.74. The lowest BCUT2D eigenvalue weighted by molar-refractivity contribution is -0.129. The second kappa shape index (κ2) is 4.43. The van der Waals surface area contributed by atoms with Gasteiger partial charge in [0.05, 0.1) is 6.42 Å². The Labute approximate surface area is 88.7 Å². The van der Waals surface area contributed by atoms with E-state index in [1.807, 2.05) is 4.90 Å². The fourth-order valence-electron chi connectivity index (χ4n) is 1.86. The van der Waals surface area contributed by atoms with Gasteiger partial charge in [0.15, 0.2) is 0 Å². The van der Waals surface area contributed by atoms with Gasteiger partial charge in [-0.05, 0) is 30.5 Å². The van der Waals surface area contributed by atoms with Crippen molar-refractivity contribution in [3.8, 4) is 0 Å². The lowest BCUT2D eigenvalue weighted by Gasteiger charge is -2.14. The van der Waals surface area contributed by atoms with Crippen molar-refractivity contribution >= 4 is 5.91 Å². The van der Waals surface area contributed by atoms with Gasteiger partial charge in [-0.1, -0.05) is 12.1 Å². The number of benzene rings is 1. The number of nitrogens with zero attached hydrogens (tertiary/aromatic N) is 1. The van der Waals surface area contributed by atoms with Gasteiger partial charge in [0.25, 0.3) is 0 Å². The number of amides is 1. The van der Waals surface area contributed by atoms with E-state index < -0.39 is 0 Å². The van der Waals surface area contributed by atoms with E-state index >= 15 is 0 Å². The molecule has 1 heterocycles. The van der Waals surface area contributed by atoms with Crippen molar-refractivity contribution in [1.82, 2.24) is 4.90 Å². The molecule has 2 nitrogen and oxygen atoms in total. The monoisotopic (exact) mass is 207 g/mol. The molecule has 0 radical (unpaired) electrons. The highest BCUT2D eigenvalue weighted by molar-refractivity contribution is 5.78. The SMILES string of the molecule is O=C(Cc1ccc(F)cc1)N1CCCC1. The van der Waals surface area contributed by atoms with E-state index in [9.17, 15) is 9.18 Å². The summed E-state index contributed by atoms with van der Waals surface area (Å²) < 4.78 is 12.6. The minimum Gasteiger partial charge on any atom is -0.342 e. The van der Waals surface area contributed by atoms with Crippen molar-refractivity contribution in [3.05, 3.63) is 35.6 Å². The smallest absolute Gasteiger partial charge is 0.226 e. The molecule has 0 aliphatic carbocycles. The maximum Gasteiger partial charge on any atom is 0.226 e. The number of hydrogen-bond acceptors (Lipinski definition) is 1. The first-order chi connectivity index (χ1) is 7.25. The Morgan fingerprint density at radius 1 is 1.20 bits per heavy atom. The van der Waals surface area contributed by atoms with Crippen molar-refractivity contribution in [1.29, 1.82) is 0 Å². The molecule has 0 saturated carbocycles. The van der Waals surface area contributed by atoms with E-state index in [0.29, 0.717) is 6.42 Å². The van der Waals surface area contributed by atoms with Crippen LogP contribution in [0.1, 0.15) is 18.4 Å². The molecule has 0 bridgehead atoms. The summed E-state index contributed by atoms with van der Waals surface area (Å²) in [6, 6.07) is 6.13. The van der Waals surface area contributed by atoms with Gasteiger partial charge in [0.2, 0.25) is 5.91 Å². The minimum atomic E-state index is -0.257. The average molecular weight is 207 g/mol. The zero-order valence-corrected chi connectivity index (χ0v) is 8.58. The molecule has 80 valence electrons. The lowest BCUT2D eigenvalue weighted by atomic mass is 10.1. The van der Waals surface area contributed by atoms with E-state index in [0.717, 1.165) is 31.5 Å². The molecule has 0 N–H and O–H groups in total. The standard InChI is InChI=1S/C12H14FNO/c13-11-5-3-10(4-6-11)9-12(15)14-7-1-2-8-14/h3-6H,1-2,7-9H2. The van der Waals surface area contributed by atoms with Gasteiger partial charge < -0.3 is 4.90 Å². The third kappa shape index (κ3) is 2.55. The van der Waals surface area contributed by atoms with Crippen LogP contribution in [-0.2, 0) is 11.2 Å². The number of hydrogen-bond donors (Lipinski definition) is 0. The molecule has 1 fully saturated rings. The molecular weight excluding hydrogens is 193 g/mol. The van der Waals surface area contributed by atoms with Crippen LogP contribution in [0, 0.1) is 5.82 Å². The quantitative estimate of drug-likeness (QED) is 0.726. The molecule has 1 saturated heterocycles. The zero-order chi connectivity index (χ0) is 10.7. The number of carbonyl (C=O) groups excluding carboxylic acids is 1. The van der Waals surface area contributed by atoms with E-state index in [4.69, 9.17) is 0 Å². The van der Waals surface area contributed by atoms with Crippen LogP contribution in [0.15, 0.2) is 24.3 Å². The molecule has 0 aromatic heterocycles. The van der Waals surface area contributed by atoms with Crippen LogP contribution in [0.3, 0.4) is 0 Å². The van der Waals surface area contributed by atoms with Crippen LogP contribution in [0.25, 0.3) is 0 Å². The molecule has 0 atom stereocenters. The molecule has 1 aromatic carbocycles. The summed E-state index contributed by atoms with van der Waals surface area (Å²) in [7, 11) is 0. The van der Waals surface area contributed by atoms with E-state index in [1.165, 1.54) is 12.1 Å². The predicted molar refractivity (Wildman–Crippen MR) is 55.9 cm³/mol. The Hall–Kier alpha value is -1.38. The van der Waals surface area contributed by atoms with Crippen LogP contribution >= 0.6 is 0 Å². The lowest BCUT2D eigenvalue weighted by Crippen LogP contribution is -2.29. The van der Waals surface area contributed by atoms with Crippen LogP contribution in [0.4, 0.5) is 4.39 Å². The van der Waals surface area contributed by atoms with Crippen molar-refractivity contribution in [2.24, 2.45) is 0 Å². The van der Waals surface area contributed by atoms with Crippen molar-refractivity contribution in [2.75, 3.05) is 13.1 Å². The molecule has 1 aliphatic rings. The Morgan fingerprint density at radius 2 is 1.80 bits per heavy atom. The third-order valence-electron chi connectivity index (χ3n) is 2.73. The number of rotatable bonds is 2. The normalized spacial score (nSPS) is 15.7. The van der Waals surface area contributed by atoms with Gasteiger partial charge in [0, 0.05) is 13.1 Å². The molecule has 1 aromatic rings. The fraction of sp³-hybridized carbons (Fsp3) is 0.417. The van der Waals surface area contributed by atoms with Gasteiger partial charge in [0.1, 0.15) is 5.82 Å². The summed E-state index contributed by atoms with van der Waals surface area (Å²) in [5.41, 5.74) is 0.883. The van der Waals surface area contributed by atoms with Crippen LogP contribution in [0.5, 0.6) is 0 Å². The summed E-state index contributed by atoms with van der Waals surface area (Å²) in [5.74, 6) is -0.105. The molecule has 15 heavy (non-hydrogen) atoms. The number of carbonyl (C=O) groups is 1. The van der Waals surface area contributed by atoms with Crippen LogP contribution < -0.4 is 0 Å². The van der Waals surface area contributed by atoms with Gasteiger partial charge in [-0.15, -0.1) is 0 Å². The second-order valence-electron chi connectivity index (χ2n) is 3.89. The first-order valence-corrected chi connectivity index (χ1v) is 5.28. The minimum absolute atomic E-state index is 0.152. The topological polar surface area (TPSA) is 20.3 Å². The maximum absolute atomic E-state index is 12.6. The largest absolute Gasteiger partial charge is 0.342 e. The number of halogens is 1. The zero-order valence-electron chi connectivity index (χ0n) is 8.58. The second-order valence-corrected chi connectivity index (χ2v) is 3.89. The highest BCUT2D eigenvalue weighted by Gasteiger charge is 2.17. The van der Waals surface area contributed by atoms with Gasteiger partial charge in [-0.25, -0.2) is 4.39 Å². The first-order valence-electron chi connectivity index (χ1n) is 5.28. The van der Waals surface area contributed by atoms with Crippen molar-refractivity contribution < 1.29 is 9.18 Å². The summed E-state index contributed by atoms with van der Waals surface area (Å²) in [5, 5.41) is 0. The molecular formula is C12H14FNO. The summed E-state index contributed by atoms with van der Waals surface area (Å²) in [4.78, 5) is 13.6. The molecule has 0 unspecified atom stereocenters. The van der Waals surface area contributed by atoms with Gasteiger partial charge in [-0.3, -0.25) is 4.79 Å². The Kier molecular flexibility index (Phi) is 2.99. The highest BCUT2D eigenvalue weighted by Crippen LogP contribution is 2.11. The molecule has 2 rings (SSSR count). The Morgan fingerprint density at radius 3 is 2.40 bits per heavy atom. The molecule has 1 amide bonds. The molecule has 0 spiro atoms. The van der Waals surface area contributed by atoms with Crippen LogP contribution in [-0.4, -0.2) is 23.9 Å². The summed E-state index contributed by atoms with van der Waals surface area (Å²) in [6.45, 7) is 1.75. The molecule has 1 aliphatic heterocycles. The van der Waals surface area contributed by atoms with Gasteiger partial charge in [-0.2, -0.15) is 0 Å². The number of likely N-dealkylation sites (tertiary alicyclic amines) is 1. The van der Waals surface area contributed by atoms with E-state index in [-0.39, 0.29) is 11.7 Å². The first kappa shape index (κ1) is 10.1. The third-order valence-corrected chi connectivity index (χ3v) is 2.73. The maximum atomic E-state index is 12.6. The predicted octanol–water partition coefficient (Wildman–Crippen LogP) is 1.99. The Bertz CT molecular complexity index is 341.